The van der Waals surface area contributed by atoms with E-state index >= 15 is 0 Å². The van der Waals surface area contributed by atoms with Gasteiger partial charge in [0.15, 0.2) is 0 Å². The molecule has 7 heteroatoms. The van der Waals surface area contributed by atoms with Crippen LogP contribution >= 0.6 is 0 Å². The Bertz CT molecular complexity index is 331. The fraction of sp³-hybridized carbons (Fsp3) is 0.714. The van der Waals surface area contributed by atoms with E-state index in [-0.39, 0.29) is 12.3 Å². The van der Waals surface area contributed by atoms with Crippen LogP contribution in [0.2, 0.25) is 0 Å². The van der Waals surface area contributed by atoms with Crippen molar-refractivity contribution in [2.75, 3.05) is 19.3 Å². The molecule has 0 heterocycles. The van der Waals surface area contributed by atoms with Gasteiger partial charge in [-0.2, -0.15) is 5.26 Å². The minimum Gasteiger partial charge on any atom is -0.354 e. The first kappa shape index (κ1) is 12.9. The molecule has 1 amide bonds. The molecule has 1 atom stereocenters. The van der Waals surface area contributed by atoms with Crippen LogP contribution in [0.3, 0.4) is 0 Å². The Hall–Kier alpha value is -1.13. The Balaban J connectivity index is 3.88. The zero-order valence-corrected chi connectivity index (χ0v) is 8.89. The summed E-state index contributed by atoms with van der Waals surface area (Å²) in [4.78, 5) is 11.0. The van der Waals surface area contributed by atoms with Crippen molar-refractivity contribution in [3.05, 3.63) is 0 Å². The molecular weight excluding hydrogens is 206 g/mol. The number of nitrogens with one attached hydrogen (secondary N) is 2. The molecule has 80 valence electrons. The van der Waals surface area contributed by atoms with Crippen molar-refractivity contribution in [2.24, 2.45) is 5.92 Å². The van der Waals surface area contributed by atoms with Gasteiger partial charge in [0.1, 0.15) is 5.92 Å². The normalized spacial score (nSPS) is 12.9. The highest BCUT2D eigenvalue weighted by atomic mass is 32.2. The molecule has 2 N–H and O–H groups in total. The predicted molar refractivity (Wildman–Crippen MR) is 50.6 cm³/mol. The zero-order valence-electron chi connectivity index (χ0n) is 8.07. The maximum atomic E-state index is 11.0. The van der Waals surface area contributed by atoms with Crippen molar-refractivity contribution in [1.82, 2.24) is 10.0 Å². The van der Waals surface area contributed by atoms with Crippen molar-refractivity contribution in [1.29, 1.82) is 5.26 Å². The molecule has 0 aliphatic carbocycles. The summed E-state index contributed by atoms with van der Waals surface area (Å²) >= 11 is 0. The lowest BCUT2D eigenvalue weighted by Crippen LogP contribution is -2.35. The third-order valence-corrected chi connectivity index (χ3v) is 2.93. The standard InChI is InChI=1S/C7H13N3O3S/c1-6(5-8)7(11)10-3-4-14(12,13)9-2/h6,9H,3-4H2,1-2H3,(H,10,11). The average Bonchev–Trinajstić information content (AvgIpc) is 2.16. The van der Waals surface area contributed by atoms with Gasteiger partial charge in [0.05, 0.1) is 11.8 Å². The third kappa shape index (κ3) is 4.79. The molecule has 0 aliphatic rings. The van der Waals surface area contributed by atoms with Crippen molar-refractivity contribution < 1.29 is 13.2 Å². The van der Waals surface area contributed by atoms with Crippen molar-refractivity contribution in [2.45, 2.75) is 6.92 Å². The fourth-order valence-electron chi connectivity index (χ4n) is 0.622. The lowest BCUT2D eigenvalue weighted by molar-refractivity contribution is -0.122. The van der Waals surface area contributed by atoms with Gasteiger partial charge in [-0.25, -0.2) is 13.1 Å². The number of hydrogen-bond donors (Lipinski definition) is 2. The van der Waals surface area contributed by atoms with Crippen LogP contribution in [0.1, 0.15) is 6.92 Å². The van der Waals surface area contributed by atoms with Gasteiger partial charge in [0.25, 0.3) is 0 Å². The summed E-state index contributed by atoms with van der Waals surface area (Å²) in [7, 11) is -1.99. The number of sulfonamides is 1. The highest BCUT2D eigenvalue weighted by Gasteiger charge is 2.12. The molecule has 0 radical (unpaired) electrons. The van der Waals surface area contributed by atoms with E-state index in [1.807, 2.05) is 0 Å². The van der Waals surface area contributed by atoms with Crippen LogP contribution in [0.25, 0.3) is 0 Å². The molecule has 0 bridgehead atoms. The second-order valence-corrected chi connectivity index (χ2v) is 4.71. The molecule has 0 fully saturated rings. The molecule has 0 rings (SSSR count). The van der Waals surface area contributed by atoms with Crippen LogP contribution in [0.4, 0.5) is 0 Å². The topological polar surface area (TPSA) is 99.1 Å². The van der Waals surface area contributed by atoms with Crippen molar-refractivity contribution in [3.8, 4) is 6.07 Å². The van der Waals surface area contributed by atoms with Crippen LogP contribution < -0.4 is 10.0 Å². The van der Waals surface area contributed by atoms with Gasteiger partial charge < -0.3 is 5.32 Å². The molecule has 0 aromatic rings. The Labute approximate surface area is 83.3 Å². The summed E-state index contributed by atoms with van der Waals surface area (Å²) in [6.07, 6.45) is 0. The number of nitriles is 1. The molecular formula is C7H13N3O3S. The lowest BCUT2D eigenvalue weighted by atomic mass is 10.2. The van der Waals surface area contributed by atoms with E-state index in [0.717, 1.165) is 0 Å². The monoisotopic (exact) mass is 219 g/mol. The van der Waals surface area contributed by atoms with E-state index in [2.05, 4.69) is 10.0 Å². The highest BCUT2D eigenvalue weighted by molar-refractivity contribution is 7.89. The molecule has 0 saturated carbocycles. The average molecular weight is 219 g/mol. The largest absolute Gasteiger partial charge is 0.354 e. The Morgan fingerprint density at radius 1 is 1.57 bits per heavy atom. The fourth-order valence-corrected chi connectivity index (χ4v) is 1.20. The number of carbonyl (C=O) groups is 1. The first-order chi connectivity index (χ1) is 6.43. The first-order valence-electron chi connectivity index (χ1n) is 4.01. The quantitative estimate of drug-likeness (QED) is 0.607. The second kappa shape index (κ2) is 5.57. The minimum absolute atomic E-state index is 0.00796. The van der Waals surface area contributed by atoms with E-state index in [4.69, 9.17) is 5.26 Å². The van der Waals surface area contributed by atoms with Gasteiger partial charge in [-0.1, -0.05) is 0 Å². The SMILES string of the molecule is CNS(=O)(=O)CCNC(=O)C(C)C#N. The first-order valence-corrected chi connectivity index (χ1v) is 5.66. The van der Waals surface area contributed by atoms with Crippen LogP contribution in [-0.4, -0.2) is 33.7 Å². The van der Waals surface area contributed by atoms with Gasteiger partial charge in [-0.3, -0.25) is 4.79 Å². The molecule has 6 nitrogen and oxygen atoms in total. The van der Waals surface area contributed by atoms with Gasteiger partial charge >= 0.3 is 0 Å². The maximum absolute atomic E-state index is 11.0. The second-order valence-electron chi connectivity index (χ2n) is 2.66. The van der Waals surface area contributed by atoms with Crippen molar-refractivity contribution in [3.63, 3.8) is 0 Å². The molecule has 0 aromatic heterocycles. The summed E-state index contributed by atoms with van der Waals surface area (Å²) in [5.74, 6) is -1.40. The van der Waals surface area contributed by atoms with Gasteiger partial charge in [-0.15, -0.1) is 0 Å². The molecule has 0 aromatic carbocycles. The Kier molecular flexibility index (Phi) is 5.12. The van der Waals surface area contributed by atoms with Gasteiger partial charge in [-0.05, 0) is 14.0 Å². The van der Waals surface area contributed by atoms with Gasteiger partial charge in [0.2, 0.25) is 15.9 Å². The smallest absolute Gasteiger partial charge is 0.237 e. The van der Waals surface area contributed by atoms with Crippen LogP contribution in [0.15, 0.2) is 0 Å². The van der Waals surface area contributed by atoms with Gasteiger partial charge in [0, 0.05) is 6.54 Å². The summed E-state index contributed by atoms with van der Waals surface area (Å²) in [5, 5.41) is 10.7. The molecule has 0 saturated heterocycles. The zero-order chi connectivity index (χ0) is 11.2. The minimum atomic E-state index is -3.30. The Morgan fingerprint density at radius 3 is 2.57 bits per heavy atom. The van der Waals surface area contributed by atoms with Crippen LogP contribution in [0.5, 0.6) is 0 Å². The molecule has 0 spiro atoms. The van der Waals surface area contributed by atoms with E-state index < -0.39 is 21.8 Å². The van der Waals surface area contributed by atoms with Crippen molar-refractivity contribution >= 4 is 15.9 Å². The molecule has 14 heavy (non-hydrogen) atoms. The van der Waals surface area contributed by atoms with Crippen LogP contribution in [-0.2, 0) is 14.8 Å². The predicted octanol–water partition coefficient (Wildman–Crippen LogP) is -1.19. The Morgan fingerprint density at radius 2 is 2.14 bits per heavy atom. The third-order valence-electron chi connectivity index (χ3n) is 1.57. The summed E-state index contributed by atoms with van der Waals surface area (Å²) in [5.41, 5.74) is 0. The summed E-state index contributed by atoms with van der Waals surface area (Å²) in [6, 6.07) is 1.75. The van der Waals surface area contributed by atoms with Crippen LogP contribution in [0, 0.1) is 17.2 Å². The number of nitrogens with zero attached hydrogens (tertiary/aromatic N) is 1. The highest BCUT2D eigenvalue weighted by Crippen LogP contribution is 1.90. The number of hydrogen-bond acceptors (Lipinski definition) is 4. The molecule has 0 aliphatic heterocycles. The number of amides is 1. The summed E-state index contributed by atoms with van der Waals surface area (Å²) in [6.45, 7) is 1.45. The van der Waals surface area contributed by atoms with E-state index in [1.165, 1.54) is 14.0 Å². The summed E-state index contributed by atoms with van der Waals surface area (Å²) < 4.78 is 23.9. The maximum Gasteiger partial charge on any atom is 0.237 e. The number of rotatable bonds is 5. The lowest BCUT2D eigenvalue weighted by Gasteiger charge is -2.05. The van der Waals surface area contributed by atoms with E-state index in [0.29, 0.717) is 0 Å². The van der Waals surface area contributed by atoms with E-state index in [1.54, 1.807) is 6.07 Å². The van der Waals surface area contributed by atoms with E-state index in [9.17, 15) is 13.2 Å². The molecule has 1 unspecified atom stereocenters. The number of carbonyl (C=O) groups excluding carboxylic acids is 1.